The second kappa shape index (κ2) is 7.22. The lowest BCUT2D eigenvalue weighted by atomic mass is 10.1. The second-order valence-corrected chi connectivity index (χ2v) is 5.07. The summed E-state index contributed by atoms with van der Waals surface area (Å²) in [5.41, 5.74) is 1.05. The molecule has 0 amide bonds. The standard InChI is InChI=1S/C17H23NO4/c1-11-6-7-14(22-11)10-18-12(2)13-8-15(19-3)17(21-5)16(9-13)20-4/h6-9,12,18H,10H2,1-5H3. The van der Waals surface area contributed by atoms with Crippen molar-refractivity contribution in [3.05, 3.63) is 41.3 Å². The molecule has 0 saturated heterocycles. The fraction of sp³-hybridized carbons (Fsp3) is 0.412. The third kappa shape index (κ3) is 3.54. The summed E-state index contributed by atoms with van der Waals surface area (Å²) in [6.45, 7) is 4.67. The molecule has 0 aliphatic heterocycles. The van der Waals surface area contributed by atoms with E-state index in [1.807, 2.05) is 31.2 Å². The van der Waals surface area contributed by atoms with Crippen LogP contribution in [-0.4, -0.2) is 21.3 Å². The fourth-order valence-corrected chi connectivity index (χ4v) is 2.30. The van der Waals surface area contributed by atoms with E-state index in [9.17, 15) is 0 Å². The van der Waals surface area contributed by atoms with Gasteiger partial charge in [0.15, 0.2) is 11.5 Å². The van der Waals surface area contributed by atoms with Crippen LogP contribution in [0.15, 0.2) is 28.7 Å². The van der Waals surface area contributed by atoms with Gasteiger partial charge in [0.2, 0.25) is 5.75 Å². The van der Waals surface area contributed by atoms with Crippen LogP contribution in [-0.2, 0) is 6.54 Å². The molecule has 0 radical (unpaired) electrons. The minimum absolute atomic E-state index is 0.110. The monoisotopic (exact) mass is 305 g/mol. The summed E-state index contributed by atoms with van der Waals surface area (Å²) in [6.07, 6.45) is 0. The van der Waals surface area contributed by atoms with E-state index >= 15 is 0 Å². The van der Waals surface area contributed by atoms with Gasteiger partial charge in [-0.1, -0.05) is 0 Å². The smallest absolute Gasteiger partial charge is 0.203 e. The zero-order valence-electron chi connectivity index (χ0n) is 13.7. The largest absolute Gasteiger partial charge is 0.493 e. The van der Waals surface area contributed by atoms with Crippen LogP contribution in [0.25, 0.3) is 0 Å². The molecule has 1 heterocycles. The molecule has 0 fully saturated rings. The molecule has 0 aliphatic carbocycles. The van der Waals surface area contributed by atoms with Gasteiger partial charge >= 0.3 is 0 Å². The Bertz CT molecular complexity index is 596. The van der Waals surface area contributed by atoms with Gasteiger partial charge in [0.25, 0.3) is 0 Å². The average Bonchev–Trinajstić information content (AvgIpc) is 2.96. The molecule has 1 N–H and O–H groups in total. The van der Waals surface area contributed by atoms with Crippen molar-refractivity contribution in [1.29, 1.82) is 0 Å². The van der Waals surface area contributed by atoms with Gasteiger partial charge in [-0.15, -0.1) is 0 Å². The zero-order valence-corrected chi connectivity index (χ0v) is 13.7. The first-order chi connectivity index (χ1) is 10.6. The van der Waals surface area contributed by atoms with Crippen LogP contribution < -0.4 is 19.5 Å². The van der Waals surface area contributed by atoms with Gasteiger partial charge in [-0.2, -0.15) is 0 Å². The molecular formula is C17H23NO4. The average molecular weight is 305 g/mol. The highest BCUT2D eigenvalue weighted by molar-refractivity contribution is 5.54. The van der Waals surface area contributed by atoms with Crippen LogP contribution in [0.2, 0.25) is 0 Å². The highest BCUT2D eigenvalue weighted by atomic mass is 16.5. The number of rotatable bonds is 7. The minimum Gasteiger partial charge on any atom is -0.493 e. The molecule has 2 rings (SSSR count). The summed E-state index contributed by atoms with van der Waals surface area (Å²) in [5.74, 6) is 3.73. The van der Waals surface area contributed by atoms with E-state index in [1.54, 1.807) is 21.3 Å². The topological polar surface area (TPSA) is 52.9 Å². The highest BCUT2D eigenvalue weighted by Gasteiger charge is 2.16. The van der Waals surface area contributed by atoms with Gasteiger partial charge in [-0.3, -0.25) is 0 Å². The zero-order chi connectivity index (χ0) is 16.1. The third-order valence-corrected chi connectivity index (χ3v) is 3.57. The van der Waals surface area contributed by atoms with E-state index in [2.05, 4.69) is 12.2 Å². The summed E-state index contributed by atoms with van der Waals surface area (Å²) in [7, 11) is 4.83. The lowest BCUT2D eigenvalue weighted by Gasteiger charge is -2.18. The SMILES string of the molecule is COc1cc(C(C)NCc2ccc(C)o2)cc(OC)c1OC. The van der Waals surface area contributed by atoms with Gasteiger partial charge in [0.1, 0.15) is 11.5 Å². The number of ether oxygens (including phenoxy) is 3. The van der Waals surface area contributed by atoms with Crippen LogP contribution in [0.5, 0.6) is 17.2 Å². The maximum absolute atomic E-state index is 5.56. The number of benzene rings is 1. The Morgan fingerprint density at radius 1 is 1.05 bits per heavy atom. The van der Waals surface area contributed by atoms with Crippen LogP contribution in [0, 0.1) is 6.92 Å². The number of hydrogen-bond donors (Lipinski definition) is 1. The Balaban J connectivity index is 2.16. The van der Waals surface area contributed by atoms with Crippen molar-refractivity contribution in [3.8, 4) is 17.2 Å². The molecule has 1 aromatic heterocycles. The summed E-state index contributed by atoms with van der Waals surface area (Å²) in [6, 6.07) is 7.95. The number of nitrogens with one attached hydrogen (secondary N) is 1. The lowest BCUT2D eigenvalue weighted by molar-refractivity contribution is 0.323. The molecule has 0 saturated carbocycles. The van der Waals surface area contributed by atoms with Crippen molar-refractivity contribution in [3.63, 3.8) is 0 Å². The Labute approximate surface area is 131 Å². The van der Waals surface area contributed by atoms with E-state index in [0.29, 0.717) is 23.8 Å². The highest BCUT2D eigenvalue weighted by Crippen LogP contribution is 2.39. The van der Waals surface area contributed by atoms with Crippen molar-refractivity contribution < 1.29 is 18.6 Å². The molecule has 2 aromatic rings. The quantitative estimate of drug-likeness (QED) is 0.849. The first-order valence-corrected chi connectivity index (χ1v) is 7.17. The van der Waals surface area contributed by atoms with Gasteiger partial charge in [-0.05, 0) is 43.7 Å². The number of aryl methyl sites for hydroxylation is 1. The Morgan fingerprint density at radius 2 is 1.68 bits per heavy atom. The Hall–Kier alpha value is -2.14. The first-order valence-electron chi connectivity index (χ1n) is 7.17. The van der Waals surface area contributed by atoms with Crippen molar-refractivity contribution in [2.45, 2.75) is 26.4 Å². The van der Waals surface area contributed by atoms with E-state index < -0.39 is 0 Å². The maximum atomic E-state index is 5.56. The second-order valence-electron chi connectivity index (χ2n) is 5.07. The molecule has 0 bridgehead atoms. The normalized spacial score (nSPS) is 12.0. The van der Waals surface area contributed by atoms with Crippen molar-refractivity contribution in [1.82, 2.24) is 5.32 Å². The molecular weight excluding hydrogens is 282 g/mol. The summed E-state index contributed by atoms with van der Waals surface area (Å²) >= 11 is 0. The van der Waals surface area contributed by atoms with E-state index in [0.717, 1.165) is 17.1 Å². The molecule has 0 aliphatic rings. The van der Waals surface area contributed by atoms with Gasteiger partial charge < -0.3 is 23.9 Å². The van der Waals surface area contributed by atoms with Gasteiger partial charge in [0, 0.05) is 6.04 Å². The predicted octanol–water partition coefficient (Wildman–Crippen LogP) is 3.46. The van der Waals surface area contributed by atoms with Crippen LogP contribution in [0.1, 0.15) is 30.0 Å². The lowest BCUT2D eigenvalue weighted by Crippen LogP contribution is -2.18. The maximum Gasteiger partial charge on any atom is 0.203 e. The fourth-order valence-electron chi connectivity index (χ4n) is 2.30. The molecule has 0 spiro atoms. The van der Waals surface area contributed by atoms with Crippen molar-refractivity contribution in [2.75, 3.05) is 21.3 Å². The summed E-state index contributed by atoms with van der Waals surface area (Å²) in [5, 5.41) is 3.42. The summed E-state index contributed by atoms with van der Waals surface area (Å²) < 4.78 is 21.7. The van der Waals surface area contributed by atoms with Crippen LogP contribution in [0.4, 0.5) is 0 Å². The van der Waals surface area contributed by atoms with Gasteiger partial charge in [-0.25, -0.2) is 0 Å². The van der Waals surface area contributed by atoms with Gasteiger partial charge in [0.05, 0.1) is 27.9 Å². The molecule has 1 unspecified atom stereocenters. The molecule has 120 valence electrons. The Kier molecular flexibility index (Phi) is 5.33. The van der Waals surface area contributed by atoms with E-state index in [-0.39, 0.29) is 6.04 Å². The molecule has 1 aromatic carbocycles. The van der Waals surface area contributed by atoms with Crippen LogP contribution in [0.3, 0.4) is 0 Å². The molecule has 1 atom stereocenters. The molecule has 22 heavy (non-hydrogen) atoms. The first kappa shape index (κ1) is 16.2. The predicted molar refractivity (Wildman–Crippen MR) is 84.8 cm³/mol. The van der Waals surface area contributed by atoms with E-state index in [1.165, 1.54) is 0 Å². The van der Waals surface area contributed by atoms with Crippen LogP contribution >= 0.6 is 0 Å². The number of methoxy groups -OCH3 is 3. The Morgan fingerprint density at radius 3 is 2.14 bits per heavy atom. The molecule has 5 heteroatoms. The van der Waals surface area contributed by atoms with E-state index in [4.69, 9.17) is 18.6 Å². The number of furan rings is 1. The van der Waals surface area contributed by atoms with Crippen molar-refractivity contribution >= 4 is 0 Å². The van der Waals surface area contributed by atoms with Crippen molar-refractivity contribution in [2.24, 2.45) is 0 Å². The minimum atomic E-state index is 0.110. The summed E-state index contributed by atoms with van der Waals surface area (Å²) in [4.78, 5) is 0. The molecule has 5 nitrogen and oxygen atoms in total. The number of hydrogen-bond acceptors (Lipinski definition) is 5. The third-order valence-electron chi connectivity index (χ3n) is 3.57.